The van der Waals surface area contributed by atoms with E-state index in [-0.39, 0.29) is 33.7 Å². The van der Waals surface area contributed by atoms with Crippen molar-refractivity contribution in [2.45, 2.75) is 31.8 Å². The Hall–Kier alpha value is -0.368. The number of nitrogens with one attached hydrogen (secondary N) is 1. The van der Waals surface area contributed by atoms with Gasteiger partial charge in [-0.3, -0.25) is 18.9 Å². The molecule has 2 radical (unpaired) electrons. The van der Waals surface area contributed by atoms with Crippen LogP contribution in [0, 0.1) is 6.92 Å². The Labute approximate surface area is 144 Å². The van der Waals surface area contributed by atoms with E-state index in [1.54, 1.807) is 0 Å². The molecule has 22 heavy (non-hydrogen) atoms. The maximum atomic E-state index is 11.7. The minimum atomic E-state index is -4.67. The van der Waals surface area contributed by atoms with Gasteiger partial charge in [0.2, 0.25) is 0 Å². The number of ether oxygens (including phenoxy) is 1. The van der Waals surface area contributed by atoms with Crippen LogP contribution in [0.4, 0.5) is 0 Å². The number of phosphoric acid groups is 1. The van der Waals surface area contributed by atoms with Crippen molar-refractivity contribution in [3.63, 3.8) is 0 Å². The van der Waals surface area contributed by atoms with Crippen LogP contribution in [-0.2, 0) is 13.8 Å². The zero-order chi connectivity index (χ0) is 15.8. The van der Waals surface area contributed by atoms with E-state index in [4.69, 9.17) is 14.5 Å². The van der Waals surface area contributed by atoms with Gasteiger partial charge in [0.25, 0.3) is 5.56 Å². The van der Waals surface area contributed by atoms with Gasteiger partial charge in [-0.05, 0) is 6.92 Å². The molecule has 1 fully saturated rings. The molecular formula is C10H17N2O8PPb. The van der Waals surface area contributed by atoms with Gasteiger partial charge in [-0.25, -0.2) is 9.36 Å². The Morgan fingerprint density at radius 3 is 2.73 bits per heavy atom. The number of H-pyrrole nitrogens is 1. The number of aliphatic hydroxyl groups excluding tert-OH is 1. The van der Waals surface area contributed by atoms with Crippen LogP contribution in [0.5, 0.6) is 0 Å². The molecule has 2 heterocycles. The SMILES string of the molecule is Cc1cn([C@H]2C[C@H](O)[C@@H](COP(=O)(O)O)O2)c(=O)[nH]c1=O.[PbH2]. The molecule has 0 unspecified atom stereocenters. The number of aromatic amines is 1. The summed E-state index contributed by atoms with van der Waals surface area (Å²) in [5.41, 5.74) is -0.918. The number of aliphatic hydroxyl groups is 1. The van der Waals surface area contributed by atoms with E-state index in [1.165, 1.54) is 13.1 Å². The first-order valence-corrected chi connectivity index (χ1v) is 7.56. The molecule has 1 aliphatic heterocycles. The standard InChI is InChI=1S/C10H15N2O8P.Pb.2H/c1-5-3-12(10(15)11-9(5)14)8-2-6(13)7(20-8)4-19-21(16,17)18;;;/h3,6-8,13H,2,4H2,1H3,(H,11,14,15)(H2,16,17,18);;;/t6-,7+,8+;;;/m0.../s1. The number of hydrogen-bond donors (Lipinski definition) is 4. The Kier molecular flexibility index (Phi) is 6.68. The van der Waals surface area contributed by atoms with Gasteiger partial charge in [0.05, 0.1) is 12.7 Å². The average molecular weight is 531 g/mol. The molecule has 0 saturated carbocycles. The average Bonchev–Trinajstić information content (AvgIpc) is 2.72. The number of aromatic nitrogens is 2. The van der Waals surface area contributed by atoms with Gasteiger partial charge >= 0.3 is 40.8 Å². The molecule has 1 aromatic rings. The maximum absolute atomic E-state index is 11.7. The van der Waals surface area contributed by atoms with E-state index in [9.17, 15) is 19.3 Å². The van der Waals surface area contributed by atoms with Gasteiger partial charge in [0.15, 0.2) is 0 Å². The van der Waals surface area contributed by atoms with Gasteiger partial charge in [-0.2, -0.15) is 0 Å². The van der Waals surface area contributed by atoms with Gasteiger partial charge in [0.1, 0.15) is 12.3 Å². The van der Waals surface area contributed by atoms with E-state index in [1.807, 2.05) is 0 Å². The fourth-order valence-corrected chi connectivity index (χ4v) is 2.35. The monoisotopic (exact) mass is 532 g/mol. The van der Waals surface area contributed by atoms with Crippen LogP contribution in [-0.4, -0.2) is 70.6 Å². The summed E-state index contributed by atoms with van der Waals surface area (Å²) in [6.45, 7) is 0.994. The first kappa shape index (κ1) is 19.7. The number of rotatable bonds is 4. The van der Waals surface area contributed by atoms with Crippen molar-refractivity contribution in [2.75, 3.05) is 6.61 Å². The van der Waals surface area contributed by atoms with Crippen LogP contribution in [0.1, 0.15) is 18.2 Å². The molecule has 124 valence electrons. The third-order valence-electron chi connectivity index (χ3n) is 3.07. The van der Waals surface area contributed by atoms with Crippen molar-refractivity contribution in [2.24, 2.45) is 0 Å². The summed E-state index contributed by atoms with van der Waals surface area (Å²) < 4.78 is 21.4. The van der Waals surface area contributed by atoms with Crippen molar-refractivity contribution in [1.29, 1.82) is 0 Å². The normalized spacial score (nSPS) is 25.0. The molecule has 0 aromatic carbocycles. The summed E-state index contributed by atoms with van der Waals surface area (Å²) in [5, 5.41) is 9.79. The number of hydrogen-bond acceptors (Lipinski definition) is 6. The second-order valence-electron chi connectivity index (χ2n) is 4.70. The van der Waals surface area contributed by atoms with Crippen molar-refractivity contribution in [3.8, 4) is 0 Å². The predicted molar refractivity (Wildman–Crippen MR) is 77.1 cm³/mol. The molecule has 2 rings (SSSR count). The molecule has 10 nitrogen and oxygen atoms in total. The van der Waals surface area contributed by atoms with Crippen LogP contribution < -0.4 is 11.2 Å². The summed E-state index contributed by atoms with van der Waals surface area (Å²) in [4.78, 5) is 42.3. The second-order valence-corrected chi connectivity index (χ2v) is 5.94. The molecule has 1 aromatic heterocycles. The van der Waals surface area contributed by atoms with Gasteiger partial charge < -0.3 is 19.6 Å². The number of phosphoric ester groups is 1. The number of aryl methyl sites for hydroxylation is 1. The Balaban J connectivity index is 0.00000242. The molecule has 0 aliphatic carbocycles. The zero-order valence-corrected chi connectivity index (χ0v) is 18.1. The summed E-state index contributed by atoms with van der Waals surface area (Å²) in [6, 6.07) is 0. The minimum absolute atomic E-state index is 0. The quantitative estimate of drug-likeness (QED) is 0.250. The molecule has 12 heteroatoms. The Morgan fingerprint density at radius 1 is 1.50 bits per heavy atom. The van der Waals surface area contributed by atoms with Crippen LogP contribution in [0.3, 0.4) is 0 Å². The van der Waals surface area contributed by atoms with Crippen LogP contribution in [0.25, 0.3) is 0 Å². The van der Waals surface area contributed by atoms with Crippen LogP contribution in [0.15, 0.2) is 15.8 Å². The molecule has 0 bridgehead atoms. The van der Waals surface area contributed by atoms with Gasteiger partial charge in [-0.15, -0.1) is 0 Å². The molecule has 4 N–H and O–H groups in total. The first-order chi connectivity index (χ1) is 9.67. The predicted octanol–water partition coefficient (Wildman–Crippen LogP) is -2.31. The van der Waals surface area contributed by atoms with Crippen LogP contribution >= 0.6 is 7.82 Å². The molecule has 3 atom stereocenters. The van der Waals surface area contributed by atoms with E-state index in [2.05, 4.69) is 9.51 Å². The fourth-order valence-electron chi connectivity index (χ4n) is 2.01. The molecule has 1 aliphatic rings. The molecule has 1 saturated heterocycles. The zero-order valence-electron chi connectivity index (χ0n) is 11.7. The summed E-state index contributed by atoms with van der Waals surface area (Å²) in [6.07, 6.45) is -1.57. The van der Waals surface area contributed by atoms with Crippen molar-refractivity contribution in [1.82, 2.24) is 9.55 Å². The number of nitrogens with zero attached hydrogens (tertiary/aromatic N) is 1. The van der Waals surface area contributed by atoms with Crippen molar-refractivity contribution >= 4 is 35.1 Å². The molecular weight excluding hydrogens is 514 g/mol. The molecule has 0 spiro atoms. The van der Waals surface area contributed by atoms with Crippen LogP contribution in [0.2, 0.25) is 0 Å². The summed E-state index contributed by atoms with van der Waals surface area (Å²) in [7, 11) is -4.67. The van der Waals surface area contributed by atoms with Crippen molar-refractivity contribution in [3.05, 3.63) is 32.6 Å². The summed E-state index contributed by atoms with van der Waals surface area (Å²) >= 11 is 0. The fraction of sp³-hybridized carbons (Fsp3) is 0.600. The Morgan fingerprint density at radius 2 is 2.14 bits per heavy atom. The van der Waals surface area contributed by atoms with Crippen molar-refractivity contribution < 1.29 is 28.7 Å². The summed E-state index contributed by atoms with van der Waals surface area (Å²) in [5.74, 6) is 0. The van der Waals surface area contributed by atoms with Gasteiger partial charge in [-0.1, -0.05) is 0 Å². The van der Waals surface area contributed by atoms with E-state index in [0.717, 1.165) is 4.57 Å². The first-order valence-electron chi connectivity index (χ1n) is 6.03. The van der Waals surface area contributed by atoms with E-state index < -0.39 is 44.1 Å². The Bertz CT molecular complexity index is 682. The second kappa shape index (κ2) is 7.47. The third-order valence-corrected chi connectivity index (χ3v) is 3.55. The topological polar surface area (TPSA) is 151 Å². The third kappa shape index (κ3) is 4.81. The van der Waals surface area contributed by atoms with E-state index >= 15 is 0 Å². The molecule has 0 amide bonds. The van der Waals surface area contributed by atoms with Gasteiger partial charge in [0, 0.05) is 18.2 Å². The van der Waals surface area contributed by atoms with E-state index in [0.29, 0.717) is 5.56 Å².